The molecule has 0 aliphatic heterocycles. The van der Waals surface area contributed by atoms with E-state index in [-0.39, 0.29) is 29.7 Å². The molecule has 0 bridgehead atoms. The largest absolute Gasteiger partial charge is 0.489 e. The fourth-order valence-corrected chi connectivity index (χ4v) is 2.03. The molecule has 0 fully saturated rings. The van der Waals surface area contributed by atoms with Crippen molar-refractivity contribution in [3.63, 3.8) is 0 Å². The van der Waals surface area contributed by atoms with Crippen LogP contribution in [0.2, 0.25) is 0 Å². The molecular weight excluding hydrogens is 299 g/mol. The molecule has 1 aromatic heterocycles. The Morgan fingerprint density at radius 1 is 1.17 bits per heavy atom. The zero-order valence-corrected chi connectivity index (χ0v) is 12.3. The Morgan fingerprint density at radius 2 is 1.96 bits per heavy atom. The Morgan fingerprint density at radius 3 is 2.65 bits per heavy atom. The number of nitrogens with zero attached hydrogens (tertiary/aromatic N) is 2. The van der Waals surface area contributed by atoms with Gasteiger partial charge in [-0.2, -0.15) is 0 Å². The van der Waals surface area contributed by atoms with E-state index in [4.69, 9.17) is 9.15 Å². The first-order valence-electron chi connectivity index (χ1n) is 6.94. The van der Waals surface area contributed by atoms with Crippen LogP contribution in [0.25, 0.3) is 0 Å². The van der Waals surface area contributed by atoms with Crippen LogP contribution < -0.4 is 4.74 Å². The van der Waals surface area contributed by atoms with Gasteiger partial charge in [-0.15, -0.1) is 10.2 Å². The maximum atomic E-state index is 13.7. The lowest BCUT2D eigenvalue weighted by Gasteiger charge is -2.08. The minimum Gasteiger partial charge on any atom is -0.489 e. The van der Waals surface area contributed by atoms with Crippen molar-refractivity contribution >= 4 is 5.78 Å². The Bertz CT molecular complexity index is 831. The number of carbonyl (C=O) groups excluding carboxylic acids is 1. The van der Waals surface area contributed by atoms with Crippen molar-refractivity contribution in [1.29, 1.82) is 0 Å². The van der Waals surface area contributed by atoms with Gasteiger partial charge in [0, 0.05) is 18.6 Å². The van der Waals surface area contributed by atoms with Crippen molar-refractivity contribution in [2.75, 3.05) is 0 Å². The van der Waals surface area contributed by atoms with Gasteiger partial charge in [-0.3, -0.25) is 4.79 Å². The molecule has 1 heterocycles. The van der Waals surface area contributed by atoms with Crippen LogP contribution in [0.3, 0.4) is 0 Å². The van der Waals surface area contributed by atoms with Crippen LogP contribution in [-0.4, -0.2) is 16.0 Å². The molecule has 6 heteroatoms. The Hall–Kier alpha value is -3.02. The highest BCUT2D eigenvalue weighted by Crippen LogP contribution is 2.20. The first kappa shape index (κ1) is 14.9. The second-order valence-electron chi connectivity index (χ2n) is 4.91. The lowest BCUT2D eigenvalue weighted by molar-refractivity contribution is 0.100. The number of halogens is 1. The normalized spacial score (nSPS) is 10.5. The molecule has 0 saturated carbocycles. The van der Waals surface area contributed by atoms with Crippen molar-refractivity contribution in [3.8, 4) is 5.75 Å². The number of ether oxygens (including phenoxy) is 1. The molecule has 5 nitrogen and oxygen atoms in total. The van der Waals surface area contributed by atoms with Crippen molar-refractivity contribution in [2.24, 2.45) is 0 Å². The first-order valence-corrected chi connectivity index (χ1v) is 6.94. The van der Waals surface area contributed by atoms with E-state index in [1.165, 1.54) is 12.1 Å². The summed E-state index contributed by atoms with van der Waals surface area (Å²) in [4.78, 5) is 12.2. The van der Waals surface area contributed by atoms with Gasteiger partial charge in [0.05, 0.1) is 0 Å². The molecule has 0 spiro atoms. The second-order valence-corrected chi connectivity index (χ2v) is 4.91. The van der Waals surface area contributed by atoms with E-state index in [0.717, 1.165) is 11.6 Å². The van der Waals surface area contributed by atoms with Gasteiger partial charge >= 0.3 is 0 Å². The van der Waals surface area contributed by atoms with Crippen molar-refractivity contribution in [1.82, 2.24) is 10.2 Å². The summed E-state index contributed by atoms with van der Waals surface area (Å²) >= 11 is 0. The molecule has 0 atom stereocenters. The summed E-state index contributed by atoms with van der Waals surface area (Å²) in [7, 11) is 0. The van der Waals surface area contributed by atoms with E-state index < -0.39 is 11.6 Å². The van der Waals surface area contributed by atoms with Gasteiger partial charge in [0.1, 0.15) is 18.2 Å². The van der Waals surface area contributed by atoms with Gasteiger partial charge in [-0.25, -0.2) is 4.39 Å². The first-order chi connectivity index (χ1) is 11.1. The number of aromatic nitrogens is 2. The number of aryl methyl sites for hydroxylation is 1. The fourth-order valence-electron chi connectivity index (χ4n) is 2.03. The van der Waals surface area contributed by atoms with E-state index >= 15 is 0 Å². The van der Waals surface area contributed by atoms with Gasteiger partial charge < -0.3 is 9.15 Å². The third kappa shape index (κ3) is 3.60. The molecule has 3 rings (SSSR count). The summed E-state index contributed by atoms with van der Waals surface area (Å²) in [6.45, 7) is 1.85. The van der Waals surface area contributed by atoms with Gasteiger partial charge in [0.2, 0.25) is 11.7 Å². The molecule has 0 amide bonds. The molecular formula is C17H13FN2O3. The summed E-state index contributed by atoms with van der Waals surface area (Å²) in [5, 5.41) is 7.24. The third-order valence-electron chi connectivity index (χ3n) is 3.10. The predicted octanol–water partition coefficient (Wildman–Crippen LogP) is 3.33. The minimum atomic E-state index is -0.574. The van der Waals surface area contributed by atoms with E-state index in [2.05, 4.69) is 10.2 Å². The topological polar surface area (TPSA) is 65.2 Å². The summed E-state index contributed by atoms with van der Waals surface area (Å²) in [5.74, 6) is -0.773. The van der Waals surface area contributed by atoms with Crippen molar-refractivity contribution in [2.45, 2.75) is 13.5 Å². The smallest absolute Gasteiger partial charge is 0.289 e. The molecule has 0 unspecified atom stereocenters. The number of rotatable bonds is 5. The van der Waals surface area contributed by atoms with Crippen LogP contribution >= 0.6 is 0 Å². The zero-order valence-electron chi connectivity index (χ0n) is 12.3. The highest BCUT2D eigenvalue weighted by Gasteiger charge is 2.18. The minimum absolute atomic E-state index is 0.0942. The van der Waals surface area contributed by atoms with Crippen LogP contribution in [0, 0.1) is 12.7 Å². The summed E-state index contributed by atoms with van der Waals surface area (Å²) in [6.07, 6.45) is 0. The van der Waals surface area contributed by atoms with Crippen LogP contribution in [0.1, 0.15) is 27.7 Å². The van der Waals surface area contributed by atoms with Gasteiger partial charge in [-0.05, 0) is 17.7 Å². The van der Waals surface area contributed by atoms with Crippen LogP contribution in [-0.2, 0) is 6.61 Å². The molecule has 3 aromatic rings. The Balaban J connectivity index is 1.80. The van der Waals surface area contributed by atoms with E-state index in [9.17, 15) is 9.18 Å². The average molecular weight is 312 g/mol. The highest BCUT2D eigenvalue weighted by atomic mass is 19.1. The quantitative estimate of drug-likeness (QED) is 0.676. The molecule has 23 heavy (non-hydrogen) atoms. The highest BCUT2D eigenvalue weighted by molar-refractivity contribution is 6.06. The van der Waals surface area contributed by atoms with Gasteiger partial charge in [-0.1, -0.05) is 30.3 Å². The summed E-state index contributed by atoms with van der Waals surface area (Å²) in [5.41, 5.74) is 1.04. The lowest BCUT2D eigenvalue weighted by Crippen LogP contribution is -2.04. The summed E-state index contributed by atoms with van der Waals surface area (Å²) < 4.78 is 24.4. The van der Waals surface area contributed by atoms with Crippen molar-refractivity contribution < 1.29 is 18.3 Å². The standard InChI is InChI=1S/C17H13FN2O3/c1-11-19-20-17(23-11)16(21)13-7-14(18)9-15(8-13)22-10-12-5-3-2-4-6-12/h2-9H,10H2,1H3. The van der Waals surface area contributed by atoms with Crippen LogP contribution in [0.5, 0.6) is 5.75 Å². The average Bonchev–Trinajstić information content (AvgIpc) is 2.99. The maximum Gasteiger partial charge on any atom is 0.289 e. The third-order valence-corrected chi connectivity index (χ3v) is 3.10. The zero-order chi connectivity index (χ0) is 16.2. The Kier molecular flexibility index (Phi) is 4.14. The van der Waals surface area contributed by atoms with E-state index in [1.807, 2.05) is 30.3 Å². The van der Waals surface area contributed by atoms with Gasteiger partial charge in [0.15, 0.2) is 0 Å². The summed E-state index contributed by atoms with van der Waals surface area (Å²) in [6, 6.07) is 13.2. The monoisotopic (exact) mass is 312 g/mol. The number of hydrogen-bond acceptors (Lipinski definition) is 5. The van der Waals surface area contributed by atoms with Crippen molar-refractivity contribution in [3.05, 3.63) is 77.3 Å². The second kappa shape index (κ2) is 6.39. The number of ketones is 1. The molecule has 0 saturated heterocycles. The number of hydrogen-bond donors (Lipinski definition) is 0. The van der Waals surface area contributed by atoms with E-state index in [0.29, 0.717) is 0 Å². The predicted molar refractivity (Wildman–Crippen MR) is 79.6 cm³/mol. The van der Waals surface area contributed by atoms with Gasteiger partial charge in [0.25, 0.3) is 5.89 Å². The molecule has 116 valence electrons. The molecule has 0 N–H and O–H groups in total. The van der Waals surface area contributed by atoms with E-state index in [1.54, 1.807) is 6.92 Å². The van der Waals surface area contributed by atoms with Crippen LogP contribution in [0.4, 0.5) is 4.39 Å². The number of benzene rings is 2. The molecule has 0 aliphatic carbocycles. The molecule has 0 aliphatic rings. The maximum absolute atomic E-state index is 13.7. The Labute approximate surface area is 131 Å². The lowest BCUT2D eigenvalue weighted by atomic mass is 10.1. The molecule has 0 radical (unpaired) electrons. The van der Waals surface area contributed by atoms with Crippen LogP contribution in [0.15, 0.2) is 52.9 Å². The fraction of sp³-hybridized carbons (Fsp3) is 0.118. The SMILES string of the molecule is Cc1nnc(C(=O)c2cc(F)cc(OCc3ccccc3)c2)o1. The molecule has 2 aromatic carbocycles. The number of carbonyl (C=O) groups is 1.